The first kappa shape index (κ1) is 16.3. The quantitative estimate of drug-likeness (QED) is 0.638. The van der Waals surface area contributed by atoms with Crippen LogP contribution >= 0.6 is 11.6 Å². The van der Waals surface area contributed by atoms with Crippen molar-refractivity contribution < 1.29 is 8.42 Å². The Balaban J connectivity index is 2.26. The average molecular weight is 334 g/mol. The Hall–Kier alpha value is -1.12. The number of imidazole rings is 1. The van der Waals surface area contributed by atoms with Gasteiger partial charge in [0.15, 0.2) is 5.65 Å². The van der Waals surface area contributed by atoms with Crippen LogP contribution in [0, 0.1) is 6.92 Å². The van der Waals surface area contributed by atoms with Crippen molar-refractivity contribution in [1.82, 2.24) is 24.1 Å². The Morgan fingerprint density at radius 2 is 2.10 bits per heavy atom. The zero-order valence-corrected chi connectivity index (χ0v) is 14.2. The molecule has 2 aromatic heterocycles. The monoisotopic (exact) mass is 333 g/mol. The van der Waals surface area contributed by atoms with Gasteiger partial charge in [-0.1, -0.05) is 0 Å². The van der Waals surface area contributed by atoms with Crippen LogP contribution in [-0.4, -0.2) is 40.5 Å². The zero-order valence-electron chi connectivity index (χ0n) is 12.6. The molecule has 2 aromatic rings. The van der Waals surface area contributed by atoms with E-state index in [0.717, 1.165) is 28.9 Å². The largest absolute Gasteiger partial charge is 0.312 e. The minimum Gasteiger partial charge on any atom is -0.312 e. The summed E-state index contributed by atoms with van der Waals surface area (Å²) < 4.78 is 28.4. The summed E-state index contributed by atoms with van der Waals surface area (Å²) in [4.78, 5) is 4.57. The lowest BCUT2D eigenvalue weighted by Gasteiger charge is -2.11. The summed E-state index contributed by atoms with van der Waals surface area (Å²) in [6.45, 7) is 4.79. The number of rotatable bonds is 6. The molecule has 0 aromatic carbocycles. The fourth-order valence-corrected chi connectivity index (χ4v) is 3.05. The van der Waals surface area contributed by atoms with Crippen molar-refractivity contribution in [3.05, 3.63) is 11.5 Å². The topological polar surface area (TPSA) is 81.8 Å². The molecule has 0 saturated heterocycles. The molecule has 0 aliphatic rings. The summed E-state index contributed by atoms with van der Waals surface area (Å²) >= 11 is 6.20. The summed E-state index contributed by atoms with van der Waals surface area (Å²) in [6, 6.07) is 0. The van der Waals surface area contributed by atoms with Crippen molar-refractivity contribution in [1.29, 1.82) is 0 Å². The van der Waals surface area contributed by atoms with Gasteiger partial charge in [0.25, 0.3) is 0 Å². The fraction of sp³-hybridized carbons (Fsp3) is 0.667. The van der Waals surface area contributed by atoms with Crippen LogP contribution in [-0.2, 0) is 23.6 Å². The van der Waals surface area contributed by atoms with E-state index in [0.29, 0.717) is 19.5 Å². The summed E-state index contributed by atoms with van der Waals surface area (Å²) in [5.74, 6) is 0.780. The first-order valence-corrected chi connectivity index (χ1v) is 9.02. The lowest BCUT2D eigenvalue weighted by molar-refractivity contribution is 0.568. The lowest BCUT2D eigenvalue weighted by atomic mass is 10.4. The molecule has 1 unspecified atom stereocenters. The van der Waals surface area contributed by atoms with Gasteiger partial charge >= 0.3 is 0 Å². The maximum Gasteiger partial charge on any atom is 0.208 e. The Morgan fingerprint density at radius 3 is 2.67 bits per heavy atom. The van der Waals surface area contributed by atoms with Gasteiger partial charge in [0.1, 0.15) is 11.3 Å². The van der Waals surface area contributed by atoms with E-state index in [4.69, 9.17) is 11.6 Å². The molecule has 0 amide bonds. The number of hydrogen-bond donors (Lipinski definition) is 1. The van der Waals surface area contributed by atoms with Gasteiger partial charge in [-0.15, -0.1) is 11.6 Å². The standard InChI is InChI=1S/C12H20ClN5O2S/c1-8(13)11-15-10-9(2)16-17(3)12(10)18(11)7-5-6-14-21(4,19)20/h8,14H,5-7H2,1-4H3. The van der Waals surface area contributed by atoms with Crippen molar-refractivity contribution in [3.63, 3.8) is 0 Å². The molecule has 9 heteroatoms. The molecule has 0 aliphatic heterocycles. The number of aromatic nitrogens is 4. The third-order valence-corrected chi connectivity index (χ3v) is 4.12. The molecule has 0 spiro atoms. The Labute approximate surface area is 129 Å². The molecule has 21 heavy (non-hydrogen) atoms. The molecule has 0 bridgehead atoms. The Morgan fingerprint density at radius 1 is 1.43 bits per heavy atom. The normalized spacial score (nSPS) is 14.0. The van der Waals surface area contributed by atoms with Crippen LogP contribution in [0.4, 0.5) is 0 Å². The van der Waals surface area contributed by atoms with Crippen molar-refractivity contribution >= 4 is 32.8 Å². The SMILES string of the molecule is Cc1nn(C)c2c1nc(C(C)Cl)n2CCCNS(C)(=O)=O. The molecule has 0 fully saturated rings. The predicted molar refractivity (Wildman–Crippen MR) is 83.0 cm³/mol. The number of aryl methyl sites for hydroxylation is 3. The van der Waals surface area contributed by atoms with E-state index in [2.05, 4.69) is 14.8 Å². The van der Waals surface area contributed by atoms with Gasteiger partial charge in [-0.05, 0) is 20.3 Å². The number of nitrogens with zero attached hydrogens (tertiary/aromatic N) is 4. The summed E-state index contributed by atoms with van der Waals surface area (Å²) in [6.07, 6.45) is 1.80. The Bertz CT molecular complexity index is 747. The van der Waals surface area contributed by atoms with Crippen LogP contribution < -0.4 is 4.72 Å². The Kier molecular flexibility index (Phi) is 4.60. The van der Waals surface area contributed by atoms with E-state index in [1.807, 2.05) is 25.5 Å². The lowest BCUT2D eigenvalue weighted by Crippen LogP contribution is -2.24. The molecule has 0 radical (unpaired) electrons. The smallest absolute Gasteiger partial charge is 0.208 e. The summed E-state index contributed by atoms with van der Waals surface area (Å²) in [5.41, 5.74) is 2.62. The van der Waals surface area contributed by atoms with E-state index in [-0.39, 0.29) is 5.38 Å². The van der Waals surface area contributed by atoms with E-state index in [9.17, 15) is 8.42 Å². The number of alkyl halides is 1. The van der Waals surface area contributed by atoms with Crippen LogP contribution in [0.3, 0.4) is 0 Å². The van der Waals surface area contributed by atoms with Crippen molar-refractivity contribution in [2.45, 2.75) is 32.2 Å². The molecular formula is C12H20ClN5O2S. The van der Waals surface area contributed by atoms with Crippen LogP contribution in [0.2, 0.25) is 0 Å². The second-order valence-electron chi connectivity index (χ2n) is 5.14. The number of halogens is 1. The van der Waals surface area contributed by atoms with Gasteiger partial charge in [-0.2, -0.15) is 5.10 Å². The first-order chi connectivity index (χ1) is 9.70. The van der Waals surface area contributed by atoms with Crippen molar-refractivity contribution in [2.24, 2.45) is 7.05 Å². The molecule has 1 N–H and O–H groups in total. The molecule has 0 aliphatic carbocycles. The van der Waals surface area contributed by atoms with Crippen LogP contribution in [0.1, 0.15) is 30.2 Å². The molecule has 1 atom stereocenters. The molecule has 2 rings (SSSR count). The third kappa shape index (κ3) is 3.56. The first-order valence-electron chi connectivity index (χ1n) is 6.69. The zero-order chi connectivity index (χ0) is 15.8. The minimum atomic E-state index is -3.16. The predicted octanol–water partition coefficient (Wildman–Crippen LogP) is 1.32. The highest BCUT2D eigenvalue weighted by Gasteiger charge is 2.19. The number of fused-ring (bicyclic) bond motifs is 1. The van der Waals surface area contributed by atoms with Crippen LogP contribution in [0.15, 0.2) is 0 Å². The molecule has 0 saturated carbocycles. The maximum atomic E-state index is 11.1. The van der Waals surface area contributed by atoms with Crippen LogP contribution in [0.25, 0.3) is 11.2 Å². The van der Waals surface area contributed by atoms with Crippen molar-refractivity contribution in [3.8, 4) is 0 Å². The second kappa shape index (κ2) is 5.94. The number of nitrogens with one attached hydrogen (secondary N) is 1. The third-order valence-electron chi connectivity index (χ3n) is 3.20. The van der Waals surface area contributed by atoms with Gasteiger partial charge in [0.05, 0.1) is 17.3 Å². The number of sulfonamides is 1. The van der Waals surface area contributed by atoms with Crippen molar-refractivity contribution in [2.75, 3.05) is 12.8 Å². The number of hydrogen-bond acceptors (Lipinski definition) is 4. The molecule has 7 nitrogen and oxygen atoms in total. The van der Waals surface area contributed by atoms with Gasteiger partial charge in [0.2, 0.25) is 10.0 Å². The van der Waals surface area contributed by atoms with E-state index in [1.54, 1.807) is 4.68 Å². The van der Waals surface area contributed by atoms with E-state index >= 15 is 0 Å². The highest BCUT2D eigenvalue weighted by molar-refractivity contribution is 7.88. The van der Waals surface area contributed by atoms with E-state index in [1.165, 1.54) is 0 Å². The summed E-state index contributed by atoms with van der Waals surface area (Å²) in [5, 5.41) is 4.13. The second-order valence-corrected chi connectivity index (χ2v) is 7.63. The molecular weight excluding hydrogens is 314 g/mol. The molecule has 118 valence electrons. The fourth-order valence-electron chi connectivity index (χ4n) is 2.37. The van der Waals surface area contributed by atoms with Gasteiger partial charge < -0.3 is 4.57 Å². The van der Waals surface area contributed by atoms with Gasteiger partial charge in [0, 0.05) is 20.1 Å². The van der Waals surface area contributed by atoms with Gasteiger partial charge in [-0.25, -0.2) is 18.1 Å². The maximum absolute atomic E-state index is 11.1. The average Bonchev–Trinajstić information content (AvgIpc) is 2.84. The molecule has 2 heterocycles. The highest BCUT2D eigenvalue weighted by atomic mass is 35.5. The van der Waals surface area contributed by atoms with Gasteiger partial charge in [-0.3, -0.25) is 4.68 Å². The van der Waals surface area contributed by atoms with E-state index < -0.39 is 10.0 Å². The minimum absolute atomic E-state index is 0.223. The summed E-state index contributed by atoms with van der Waals surface area (Å²) in [7, 11) is -1.29. The highest BCUT2D eigenvalue weighted by Crippen LogP contribution is 2.26. The van der Waals surface area contributed by atoms with Crippen LogP contribution in [0.5, 0.6) is 0 Å².